The van der Waals surface area contributed by atoms with Gasteiger partial charge in [-0.1, -0.05) is 69.2 Å². The lowest BCUT2D eigenvalue weighted by molar-refractivity contribution is 0.556. The Morgan fingerprint density at radius 1 is 0.400 bits per heavy atom. The van der Waals surface area contributed by atoms with Crippen molar-refractivity contribution in [1.29, 1.82) is 0 Å². The third-order valence-corrected chi connectivity index (χ3v) is 12.3. The van der Waals surface area contributed by atoms with E-state index in [0.717, 1.165) is 85.4 Å². The highest BCUT2D eigenvalue weighted by Gasteiger charge is 2.23. The second kappa shape index (κ2) is 25.0. The standard InChI is InChI=1S/C12H17N3.C11H18N4.3C11H16N4/c1-8(2)11-14-10-6-5-7-13-12(10)15(11)9(3)4;3*1-7(2)10-14-9-5-12-6-13-11(9)15(10)8(3)4;1-7(2)10-14-9-11(13-6-5-12-9)15(10)8(3)4/h5-9H,1-4H3;6-8H,5H2,1-4H3,(H,12,13);3*5-8H,1-4H3. The van der Waals surface area contributed by atoms with E-state index in [2.05, 4.69) is 231 Å². The van der Waals surface area contributed by atoms with E-state index >= 15 is 0 Å². The molecule has 75 heavy (non-hydrogen) atoms. The van der Waals surface area contributed by atoms with Gasteiger partial charge in [-0.05, 0) is 81.4 Å². The largest absolute Gasteiger partial charge is 0.331 e. The Morgan fingerprint density at radius 3 is 1.24 bits per heavy atom. The fraction of sp³-hybridized carbons (Fsp3) is 0.554. The maximum absolute atomic E-state index is 4.66. The molecule has 0 aliphatic carbocycles. The first-order valence-corrected chi connectivity index (χ1v) is 26.8. The van der Waals surface area contributed by atoms with Crippen LogP contribution in [-0.2, 0) is 6.54 Å². The zero-order valence-corrected chi connectivity index (χ0v) is 48.3. The van der Waals surface area contributed by atoms with Crippen LogP contribution >= 0.6 is 0 Å². The van der Waals surface area contributed by atoms with Crippen LogP contribution in [0.4, 0.5) is 5.82 Å². The topological polar surface area (TPSA) is 204 Å². The van der Waals surface area contributed by atoms with Crippen molar-refractivity contribution in [1.82, 2.24) is 82.6 Å². The minimum Gasteiger partial charge on any atom is -0.331 e. The van der Waals surface area contributed by atoms with Crippen LogP contribution in [0.2, 0.25) is 0 Å². The van der Waals surface area contributed by atoms with Gasteiger partial charge in [0.1, 0.15) is 69.8 Å². The van der Waals surface area contributed by atoms with Crippen LogP contribution in [0.1, 0.15) is 233 Å². The number of pyridine rings is 1. The van der Waals surface area contributed by atoms with Gasteiger partial charge in [-0.15, -0.1) is 0 Å². The van der Waals surface area contributed by atoms with Crippen LogP contribution in [0, 0.1) is 0 Å². The Kier molecular flexibility index (Phi) is 19.1. The summed E-state index contributed by atoms with van der Waals surface area (Å²) in [5, 5.41) is 3.20. The van der Waals surface area contributed by atoms with Crippen LogP contribution in [0.15, 0.2) is 60.8 Å². The van der Waals surface area contributed by atoms with E-state index in [0.29, 0.717) is 66.3 Å². The van der Waals surface area contributed by atoms with Gasteiger partial charge in [0.25, 0.3) is 0 Å². The number of hydrogen-bond donors (Lipinski definition) is 1. The lowest BCUT2D eigenvalue weighted by atomic mass is 10.2. The van der Waals surface area contributed by atoms with Crippen molar-refractivity contribution >= 4 is 56.9 Å². The Hall–Kier alpha value is -7.05. The molecule has 1 aliphatic rings. The van der Waals surface area contributed by atoms with Crippen LogP contribution in [0.5, 0.6) is 0 Å². The Balaban J connectivity index is 0.000000152. The maximum Gasteiger partial charge on any atom is 0.197 e. The summed E-state index contributed by atoms with van der Waals surface area (Å²) in [6.45, 7) is 43.8. The molecule has 0 spiro atoms. The summed E-state index contributed by atoms with van der Waals surface area (Å²) in [7, 11) is 0. The molecule has 402 valence electrons. The van der Waals surface area contributed by atoms with Crippen LogP contribution in [0.3, 0.4) is 0 Å². The normalized spacial score (nSPS) is 12.4. The molecular formula is C56H83N19. The average molecular weight is 1020 g/mol. The average Bonchev–Trinajstić information content (AvgIpc) is 4.20. The van der Waals surface area contributed by atoms with Gasteiger partial charge in [-0.25, -0.2) is 59.8 Å². The van der Waals surface area contributed by atoms with E-state index in [4.69, 9.17) is 0 Å². The van der Waals surface area contributed by atoms with Gasteiger partial charge in [0.2, 0.25) is 0 Å². The van der Waals surface area contributed by atoms with Crippen LogP contribution < -0.4 is 5.32 Å². The molecule has 0 bridgehead atoms. The quantitative estimate of drug-likeness (QED) is 0.136. The molecule has 9 aromatic heterocycles. The summed E-state index contributed by atoms with van der Waals surface area (Å²) in [6, 6.07) is 5.91. The molecule has 9 aromatic rings. The van der Waals surface area contributed by atoms with Crippen molar-refractivity contribution in [2.75, 3.05) is 5.32 Å². The number of hydrogen-bond acceptors (Lipinski definition) is 14. The molecule has 0 unspecified atom stereocenters. The lowest BCUT2D eigenvalue weighted by Crippen LogP contribution is -2.13. The van der Waals surface area contributed by atoms with E-state index in [-0.39, 0.29) is 0 Å². The highest BCUT2D eigenvalue weighted by Crippen LogP contribution is 2.30. The fourth-order valence-electron chi connectivity index (χ4n) is 9.12. The number of nitrogens with one attached hydrogen (secondary N) is 1. The smallest absolute Gasteiger partial charge is 0.197 e. The Labute approximate surface area is 443 Å². The third-order valence-electron chi connectivity index (χ3n) is 12.3. The van der Waals surface area contributed by atoms with Gasteiger partial charge in [0.05, 0.1) is 25.3 Å². The first-order valence-electron chi connectivity index (χ1n) is 26.8. The third kappa shape index (κ3) is 12.9. The highest BCUT2D eigenvalue weighted by atomic mass is 15.2. The second-order valence-electron chi connectivity index (χ2n) is 21.9. The lowest BCUT2D eigenvalue weighted by Gasteiger charge is -2.18. The SMILES string of the molecule is CC(C)c1nc2c(n1C(C)C)NC=NC2.CC(C)c1nc2cccnc2n1C(C)C.CC(C)c1nc2cncnc2n1C(C)C.CC(C)c1nc2cncnc2n1C(C)C.CC(C)c1nc2nccnc2n1C(C)C. The number of imidazole rings is 5. The molecule has 0 saturated heterocycles. The zero-order valence-electron chi connectivity index (χ0n) is 48.3. The van der Waals surface area contributed by atoms with E-state index < -0.39 is 0 Å². The summed E-state index contributed by atoms with van der Waals surface area (Å²) in [5.74, 6) is 8.69. The molecule has 1 aliphatic heterocycles. The molecular weight excluding hydrogens is 939 g/mol. The molecule has 10 rings (SSSR count). The summed E-state index contributed by atoms with van der Waals surface area (Å²) in [5.41, 5.74) is 8.32. The molecule has 19 heteroatoms. The predicted molar refractivity (Wildman–Crippen MR) is 304 cm³/mol. The number of fused-ring (bicyclic) bond motifs is 5. The molecule has 0 fully saturated rings. The summed E-state index contributed by atoms with van der Waals surface area (Å²) in [6.07, 6.45) is 13.7. The van der Waals surface area contributed by atoms with Crippen molar-refractivity contribution < 1.29 is 0 Å². The molecule has 19 nitrogen and oxygen atoms in total. The summed E-state index contributed by atoms with van der Waals surface area (Å²) in [4.78, 5) is 56.7. The molecule has 0 amide bonds. The van der Waals surface area contributed by atoms with Crippen molar-refractivity contribution in [3.05, 3.63) is 90.6 Å². The first kappa shape index (κ1) is 57.2. The van der Waals surface area contributed by atoms with Crippen LogP contribution in [-0.4, -0.2) is 89.0 Å². The predicted octanol–water partition coefficient (Wildman–Crippen LogP) is 13.3. The van der Waals surface area contributed by atoms with E-state index in [1.165, 1.54) is 0 Å². The minimum atomic E-state index is 0.365. The molecule has 0 radical (unpaired) electrons. The fourth-order valence-corrected chi connectivity index (χ4v) is 9.12. The van der Waals surface area contributed by atoms with E-state index in [1.807, 2.05) is 18.3 Å². The van der Waals surface area contributed by atoms with Gasteiger partial charge in [-0.2, -0.15) is 0 Å². The van der Waals surface area contributed by atoms with Crippen LogP contribution in [0.25, 0.3) is 44.8 Å². The second-order valence-corrected chi connectivity index (χ2v) is 21.9. The van der Waals surface area contributed by atoms with Crippen molar-refractivity contribution in [3.63, 3.8) is 0 Å². The summed E-state index contributed by atoms with van der Waals surface area (Å²) < 4.78 is 11.0. The molecule has 0 atom stereocenters. The van der Waals surface area contributed by atoms with Crippen molar-refractivity contribution in [2.45, 2.75) is 205 Å². The minimum absolute atomic E-state index is 0.365. The molecule has 0 aromatic carbocycles. The van der Waals surface area contributed by atoms with Gasteiger partial charge < -0.3 is 28.2 Å². The number of aromatic nitrogens is 17. The van der Waals surface area contributed by atoms with E-state index in [1.54, 1.807) is 43.8 Å². The Morgan fingerprint density at radius 2 is 0.787 bits per heavy atom. The first-order chi connectivity index (χ1) is 35.5. The van der Waals surface area contributed by atoms with Gasteiger partial charge in [0, 0.05) is 78.4 Å². The number of aliphatic imine (C=N–C) groups is 1. The zero-order chi connectivity index (χ0) is 55.0. The maximum atomic E-state index is 4.66. The Bertz CT molecular complexity index is 2920. The van der Waals surface area contributed by atoms with Gasteiger partial charge in [0.15, 0.2) is 28.2 Å². The molecule has 1 N–H and O–H groups in total. The summed E-state index contributed by atoms with van der Waals surface area (Å²) >= 11 is 0. The van der Waals surface area contributed by atoms with Crippen molar-refractivity contribution in [2.24, 2.45) is 4.99 Å². The number of anilines is 1. The van der Waals surface area contributed by atoms with Gasteiger partial charge in [-0.3, -0.25) is 4.99 Å². The number of nitrogens with zero attached hydrogens (tertiary/aromatic N) is 18. The number of rotatable bonds is 10. The highest BCUT2D eigenvalue weighted by molar-refractivity contribution is 5.77. The van der Waals surface area contributed by atoms with Crippen molar-refractivity contribution in [3.8, 4) is 0 Å². The molecule has 0 saturated carbocycles. The van der Waals surface area contributed by atoms with E-state index in [9.17, 15) is 0 Å². The van der Waals surface area contributed by atoms with Gasteiger partial charge >= 0.3 is 0 Å². The monoisotopic (exact) mass is 1020 g/mol. The molecule has 10 heterocycles.